The van der Waals surface area contributed by atoms with Gasteiger partial charge < -0.3 is 4.90 Å². The van der Waals surface area contributed by atoms with Gasteiger partial charge in [0.05, 0.1) is 16.8 Å². The molecule has 0 N–H and O–H groups in total. The van der Waals surface area contributed by atoms with Crippen molar-refractivity contribution in [3.05, 3.63) is 35.4 Å². The molecule has 2 heterocycles. The third kappa shape index (κ3) is 4.13. The van der Waals surface area contributed by atoms with Gasteiger partial charge in [-0.25, -0.2) is 4.98 Å². The molecule has 2 aromatic rings. The van der Waals surface area contributed by atoms with Gasteiger partial charge in [0.25, 0.3) is 0 Å². The smallest absolute Gasteiger partial charge is 0.232 e. The Morgan fingerprint density at radius 2 is 2.28 bits per heavy atom. The normalized spacial score (nSPS) is 17.5. The number of carbonyl (C=O) groups is 1. The Labute approximate surface area is 153 Å². The minimum atomic E-state index is 0.142. The molecule has 1 amide bonds. The fourth-order valence-electron chi connectivity index (χ4n) is 3.26. The second-order valence-electron chi connectivity index (χ2n) is 6.71. The van der Waals surface area contributed by atoms with Crippen LogP contribution in [0.4, 0.5) is 0 Å². The Bertz CT molecular complexity index is 828. The number of hydrogen-bond acceptors (Lipinski definition) is 4. The summed E-state index contributed by atoms with van der Waals surface area (Å²) < 4.78 is 0. The van der Waals surface area contributed by atoms with Crippen molar-refractivity contribution in [3.8, 4) is 6.07 Å². The maximum Gasteiger partial charge on any atom is 0.232 e. The molecule has 5 heteroatoms. The summed E-state index contributed by atoms with van der Waals surface area (Å²) in [4.78, 5) is 19.0. The molecule has 1 aromatic heterocycles. The van der Waals surface area contributed by atoms with Crippen molar-refractivity contribution >= 4 is 28.6 Å². The predicted molar refractivity (Wildman–Crippen MR) is 102 cm³/mol. The molecule has 0 unspecified atom stereocenters. The number of fused-ring (bicyclic) bond motifs is 1. The van der Waals surface area contributed by atoms with Gasteiger partial charge in [-0.05, 0) is 48.9 Å². The summed E-state index contributed by atoms with van der Waals surface area (Å²) in [7, 11) is 0. The van der Waals surface area contributed by atoms with Gasteiger partial charge in [-0.1, -0.05) is 31.7 Å². The first-order chi connectivity index (χ1) is 12.1. The van der Waals surface area contributed by atoms with Gasteiger partial charge in [0.15, 0.2) is 0 Å². The number of likely N-dealkylation sites (tertiary alicyclic amines) is 1. The van der Waals surface area contributed by atoms with E-state index in [1.807, 2.05) is 17.0 Å². The maximum atomic E-state index is 12.5. The zero-order valence-corrected chi connectivity index (χ0v) is 15.6. The van der Waals surface area contributed by atoms with Crippen LogP contribution in [0.15, 0.2) is 29.3 Å². The molecule has 0 bridgehead atoms. The molecule has 25 heavy (non-hydrogen) atoms. The Kier molecular flexibility index (Phi) is 5.60. The Morgan fingerprint density at radius 3 is 3.00 bits per heavy atom. The van der Waals surface area contributed by atoms with Crippen molar-refractivity contribution < 1.29 is 4.79 Å². The maximum absolute atomic E-state index is 12.5. The number of pyridine rings is 1. The van der Waals surface area contributed by atoms with Gasteiger partial charge in [-0.15, -0.1) is 0 Å². The number of aromatic nitrogens is 1. The van der Waals surface area contributed by atoms with Crippen LogP contribution in [0.1, 0.15) is 37.8 Å². The molecule has 0 radical (unpaired) electrons. The number of benzene rings is 1. The van der Waals surface area contributed by atoms with Gasteiger partial charge in [0.1, 0.15) is 11.1 Å². The quantitative estimate of drug-likeness (QED) is 0.779. The monoisotopic (exact) mass is 353 g/mol. The summed E-state index contributed by atoms with van der Waals surface area (Å²) in [6, 6.07) is 10.3. The number of rotatable bonds is 4. The summed E-state index contributed by atoms with van der Waals surface area (Å²) in [6.45, 7) is 5.99. The summed E-state index contributed by atoms with van der Waals surface area (Å²) in [5.74, 6) is 1.06. The molecular weight excluding hydrogens is 330 g/mol. The number of hydrogen-bond donors (Lipinski definition) is 0. The molecule has 3 rings (SSSR count). The van der Waals surface area contributed by atoms with E-state index in [0.29, 0.717) is 22.3 Å². The zero-order chi connectivity index (χ0) is 17.8. The Balaban J connectivity index is 1.76. The number of carbonyl (C=O) groups excluding carboxylic acids is 1. The number of nitrogens with zero attached hydrogens (tertiary/aromatic N) is 3. The van der Waals surface area contributed by atoms with E-state index in [9.17, 15) is 10.1 Å². The molecule has 1 aromatic carbocycles. The van der Waals surface area contributed by atoms with E-state index >= 15 is 0 Å². The molecule has 4 nitrogen and oxygen atoms in total. The lowest BCUT2D eigenvalue weighted by Crippen LogP contribution is -2.40. The van der Waals surface area contributed by atoms with Crippen LogP contribution in [0, 0.1) is 17.2 Å². The fraction of sp³-hybridized carbons (Fsp3) is 0.450. The van der Waals surface area contributed by atoms with E-state index in [-0.39, 0.29) is 5.91 Å². The number of aryl methyl sites for hydroxylation is 1. The van der Waals surface area contributed by atoms with E-state index in [1.165, 1.54) is 23.7 Å². The second kappa shape index (κ2) is 7.88. The SMILES string of the molecule is CCc1ccc2nc(SCC(=O)N3CCC[C@@H](C)C3)c(C#N)cc2c1. The van der Waals surface area contributed by atoms with Crippen molar-refractivity contribution in [2.75, 3.05) is 18.8 Å². The highest BCUT2D eigenvalue weighted by molar-refractivity contribution is 8.00. The van der Waals surface area contributed by atoms with E-state index in [4.69, 9.17) is 0 Å². The highest BCUT2D eigenvalue weighted by atomic mass is 32.2. The summed E-state index contributed by atoms with van der Waals surface area (Å²) in [6.07, 6.45) is 3.23. The number of thioether (sulfide) groups is 1. The average molecular weight is 353 g/mol. The van der Waals surface area contributed by atoms with E-state index in [0.717, 1.165) is 36.8 Å². The van der Waals surface area contributed by atoms with Gasteiger partial charge in [0.2, 0.25) is 5.91 Å². The minimum absolute atomic E-state index is 0.142. The Morgan fingerprint density at radius 1 is 1.44 bits per heavy atom. The van der Waals surface area contributed by atoms with E-state index < -0.39 is 0 Å². The molecule has 1 atom stereocenters. The first-order valence-corrected chi connectivity index (χ1v) is 9.83. The first kappa shape index (κ1) is 17.8. The van der Waals surface area contributed by atoms with Crippen LogP contribution in [-0.2, 0) is 11.2 Å². The third-order valence-corrected chi connectivity index (χ3v) is 5.69. The first-order valence-electron chi connectivity index (χ1n) is 8.85. The topological polar surface area (TPSA) is 57.0 Å². The average Bonchev–Trinajstić information content (AvgIpc) is 2.64. The lowest BCUT2D eigenvalue weighted by molar-refractivity contribution is -0.130. The fourth-order valence-corrected chi connectivity index (χ4v) is 4.12. The van der Waals surface area contributed by atoms with Crippen molar-refractivity contribution in [3.63, 3.8) is 0 Å². The number of nitriles is 1. The summed E-state index contributed by atoms with van der Waals surface area (Å²) in [5, 5.41) is 11.1. The van der Waals surface area contributed by atoms with Gasteiger partial charge in [-0.3, -0.25) is 4.79 Å². The van der Waals surface area contributed by atoms with Crippen molar-refractivity contribution in [1.29, 1.82) is 5.26 Å². The van der Waals surface area contributed by atoms with Crippen LogP contribution in [0.5, 0.6) is 0 Å². The van der Waals surface area contributed by atoms with Crippen LogP contribution in [0.25, 0.3) is 10.9 Å². The molecular formula is C20H23N3OS. The summed E-state index contributed by atoms with van der Waals surface area (Å²) >= 11 is 1.37. The van der Waals surface area contributed by atoms with Crippen LogP contribution >= 0.6 is 11.8 Å². The molecule has 1 saturated heterocycles. The van der Waals surface area contributed by atoms with Crippen LogP contribution in [0.2, 0.25) is 0 Å². The standard InChI is InChI=1S/C20H23N3OS/c1-3-15-6-7-18-16(9-15)10-17(11-21)20(22-18)25-13-19(24)23-8-4-5-14(2)12-23/h6-7,9-10,14H,3-5,8,12-13H2,1-2H3/t14-/m1/s1. The molecule has 1 aliphatic heterocycles. The second-order valence-corrected chi connectivity index (χ2v) is 7.67. The molecule has 0 aliphatic carbocycles. The van der Waals surface area contributed by atoms with Crippen molar-refractivity contribution in [2.24, 2.45) is 5.92 Å². The largest absolute Gasteiger partial charge is 0.342 e. The predicted octanol–water partition coefficient (Wildman–Crippen LogP) is 4.02. The zero-order valence-electron chi connectivity index (χ0n) is 14.8. The lowest BCUT2D eigenvalue weighted by Gasteiger charge is -2.30. The Hall–Kier alpha value is -2.06. The van der Waals surface area contributed by atoms with Crippen LogP contribution in [-0.4, -0.2) is 34.6 Å². The molecule has 130 valence electrons. The number of amides is 1. The van der Waals surface area contributed by atoms with E-state index in [1.54, 1.807) is 0 Å². The number of piperidine rings is 1. The third-order valence-electron chi connectivity index (χ3n) is 4.71. The highest BCUT2D eigenvalue weighted by Gasteiger charge is 2.21. The van der Waals surface area contributed by atoms with Gasteiger partial charge >= 0.3 is 0 Å². The van der Waals surface area contributed by atoms with Crippen molar-refractivity contribution in [1.82, 2.24) is 9.88 Å². The van der Waals surface area contributed by atoms with Crippen molar-refractivity contribution in [2.45, 2.75) is 38.1 Å². The molecule has 0 saturated carbocycles. The van der Waals surface area contributed by atoms with Gasteiger partial charge in [-0.2, -0.15) is 5.26 Å². The van der Waals surface area contributed by atoms with Crippen LogP contribution in [0.3, 0.4) is 0 Å². The summed E-state index contributed by atoms with van der Waals surface area (Å²) in [5.41, 5.74) is 2.65. The van der Waals surface area contributed by atoms with E-state index in [2.05, 4.69) is 37.0 Å². The van der Waals surface area contributed by atoms with Gasteiger partial charge in [0, 0.05) is 18.5 Å². The lowest BCUT2D eigenvalue weighted by atomic mass is 10.0. The molecule has 1 fully saturated rings. The highest BCUT2D eigenvalue weighted by Crippen LogP contribution is 2.26. The molecule has 0 spiro atoms. The molecule has 1 aliphatic rings. The minimum Gasteiger partial charge on any atom is -0.342 e. The van der Waals surface area contributed by atoms with Crippen LogP contribution < -0.4 is 0 Å².